The first-order valence-electron chi connectivity index (χ1n) is 10.8. The molecule has 1 amide bonds. The molecule has 1 fully saturated rings. The molecule has 2 aromatic carbocycles. The van der Waals surface area contributed by atoms with E-state index in [0.717, 1.165) is 18.0 Å². The molecule has 2 heterocycles. The number of para-hydroxylation sites is 1. The first kappa shape index (κ1) is 25.5. The van der Waals surface area contributed by atoms with Crippen LogP contribution in [0.2, 0.25) is 0 Å². The lowest BCUT2D eigenvalue weighted by molar-refractivity contribution is -0.384. The number of esters is 2. The molecule has 1 saturated heterocycles. The maximum Gasteiger partial charge on any atom is 0.355 e. The largest absolute Gasteiger partial charge is 0.514 e. The summed E-state index contributed by atoms with van der Waals surface area (Å²) in [5.74, 6) is -1.54. The van der Waals surface area contributed by atoms with Gasteiger partial charge in [0, 0.05) is 24.6 Å². The molecule has 0 saturated carbocycles. The summed E-state index contributed by atoms with van der Waals surface area (Å²) in [6.07, 6.45) is 2.06. The van der Waals surface area contributed by atoms with Crippen molar-refractivity contribution in [2.45, 2.75) is 18.9 Å². The van der Waals surface area contributed by atoms with E-state index in [1.54, 1.807) is 24.3 Å². The van der Waals surface area contributed by atoms with Gasteiger partial charge in [-0.15, -0.1) is 0 Å². The Morgan fingerprint density at radius 3 is 2.43 bits per heavy atom. The molecule has 0 aromatic heterocycles. The van der Waals surface area contributed by atoms with E-state index in [-0.39, 0.29) is 40.6 Å². The van der Waals surface area contributed by atoms with Gasteiger partial charge >= 0.3 is 11.9 Å². The zero-order valence-electron chi connectivity index (χ0n) is 19.4. The highest BCUT2D eigenvalue weighted by Crippen LogP contribution is 2.49. The van der Waals surface area contributed by atoms with Gasteiger partial charge in [-0.05, 0) is 29.8 Å². The van der Waals surface area contributed by atoms with Crippen LogP contribution in [0.3, 0.4) is 0 Å². The Labute approximate surface area is 214 Å². The second-order valence-electron chi connectivity index (χ2n) is 7.75. The number of carbonyl (C=O) groups is 3. The number of fused-ring (bicyclic) bond motifs is 1. The number of aliphatic hydroxyl groups excluding tert-OH is 1. The standard InChI is InChI=1S/C25H20N2O9S/c1-15(29)34-13-19-21(11-28)37-24-20(14-35-18-5-3-2-4-6-18)23(30)26(24)22(19)25(31)36-12-16-7-9-17(10-8-16)27(32)33/h2-11,14,24,28H,12-13H2,1H3/t24-/m0/s1. The minimum absolute atomic E-state index is 0.101. The summed E-state index contributed by atoms with van der Waals surface area (Å²) in [7, 11) is 0. The maximum atomic E-state index is 13.2. The van der Waals surface area contributed by atoms with Crippen molar-refractivity contribution in [3.8, 4) is 5.75 Å². The highest BCUT2D eigenvalue weighted by molar-refractivity contribution is 8.04. The molecule has 2 aromatic rings. The molecule has 1 atom stereocenters. The van der Waals surface area contributed by atoms with E-state index in [1.165, 1.54) is 42.4 Å². The second-order valence-corrected chi connectivity index (χ2v) is 8.87. The van der Waals surface area contributed by atoms with Crippen LogP contribution in [0, 0.1) is 10.1 Å². The van der Waals surface area contributed by atoms with Crippen molar-refractivity contribution in [3.05, 3.63) is 105 Å². The zero-order chi connectivity index (χ0) is 26.5. The molecule has 0 radical (unpaired) electrons. The number of nitrogens with zero attached hydrogens (tertiary/aromatic N) is 2. The molecule has 12 heteroatoms. The Morgan fingerprint density at radius 1 is 1.11 bits per heavy atom. The van der Waals surface area contributed by atoms with E-state index in [0.29, 0.717) is 11.3 Å². The first-order valence-corrected chi connectivity index (χ1v) is 11.7. The van der Waals surface area contributed by atoms with Gasteiger partial charge in [0.2, 0.25) is 0 Å². The minimum Gasteiger partial charge on any atom is -0.514 e. The van der Waals surface area contributed by atoms with Crippen LogP contribution in [0.15, 0.2) is 88.9 Å². The monoisotopic (exact) mass is 524 g/mol. The number of non-ortho nitro benzene ring substituents is 1. The zero-order valence-corrected chi connectivity index (χ0v) is 20.2. The van der Waals surface area contributed by atoms with E-state index >= 15 is 0 Å². The molecule has 11 nitrogen and oxygen atoms in total. The van der Waals surface area contributed by atoms with E-state index in [9.17, 15) is 29.6 Å². The van der Waals surface area contributed by atoms with Gasteiger partial charge in [-0.1, -0.05) is 30.0 Å². The Kier molecular flexibility index (Phi) is 7.58. The van der Waals surface area contributed by atoms with Gasteiger partial charge < -0.3 is 19.3 Å². The summed E-state index contributed by atoms with van der Waals surface area (Å²) in [4.78, 5) is 49.4. The third-order valence-electron chi connectivity index (χ3n) is 5.34. The fourth-order valence-electron chi connectivity index (χ4n) is 3.53. The van der Waals surface area contributed by atoms with Crippen LogP contribution in [0.4, 0.5) is 5.69 Å². The van der Waals surface area contributed by atoms with Crippen molar-refractivity contribution in [2.75, 3.05) is 6.61 Å². The topological polar surface area (TPSA) is 146 Å². The third kappa shape index (κ3) is 5.48. The summed E-state index contributed by atoms with van der Waals surface area (Å²) >= 11 is 1.08. The predicted octanol–water partition coefficient (Wildman–Crippen LogP) is 3.73. The van der Waals surface area contributed by atoms with Gasteiger partial charge in [0.1, 0.15) is 36.3 Å². The van der Waals surface area contributed by atoms with Crippen LogP contribution in [-0.4, -0.2) is 44.8 Å². The lowest BCUT2D eigenvalue weighted by atomic mass is 10.0. The number of benzene rings is 2. The molecule has 190 valence electrons. The number of nitro benzene ring substituents is 1. The Morgan fingerprint density at radius 2 is 1.81 bits per heavy atom. The van der Waals surface area contributed by atoms with Crippen molar-refractivity contribution < 1.29 is 38.6 Å². The van der Waals surface area contributed by atoms with Gasteiger partial charge in [-0.2, -0.15) is 0 Å². The number of amides is 1. The van der Waals surface area contributed by atoms with E-state index in [2.05, 4.69) is 0 Å². The fourth-order valence-corrected chi connectivity index (χ4v) is 4.72. The number of hydrogen-bond donors (Lipinski definition) is 1. The summed E-state index contributed by atoms with van der Waals surface area (Å²) in [6, 6.07) is 14.2. The van der Waals surface area contributed by atoms with Gasteiger partial charge in [-0.3, -0.25) is 24.6 Å². The van der Waals surface area contributed by atoms with Crippen molar-refractivity contribution in [3.63, 3.8) is 0 Å². The summed E-state index contributed by atoms with van der Waals surface area (Å²) in [5, 5.41) is 20.0. The molecule has 2 aliphatic heterocycles. The number of carbonyl (C=O) groups excluding carboxylic acids is 3. The number of nitro groups is 1. The molecule has 37 heavy (non-hydrogen) atoms. The molecule has 1 N–H and O–H groups in total. The van der Waals surface area contributed by atoms with Crippen LogP contribution < -0.4 is 4.74 Å². The number of ether oxygens (including phenoxy) is 3. The van der Waals surface area contributed by atoms with Crippen LogP contribution in [0.25, 0.3) is 0 Å². The third-order valence-corrected chi connectivity index (χ3v) is 6.64. The molecule has 4 rings (SSSR count). The molecule has 0 unspecified atom stereocenters. The van der Waals surface area contributed by atoms with E-state index in [4.69, 9.17) is 14.2 Å². The molecule has 0 bridgehead atoms. The maximum absolute atomic E-state index is 13.2. The fraction of sp³-hybridized carbons (Fsp3) is 0.160. The SMILES string of the molecule is CC(=O)OCC1=C(C(=O)OCc2ccc([N+](=O)[O-])cc2)N2C(=O)C(=COc3ccccc3)[C@@H]2SC1=CO. The van der Waals surface area contributed by atoms with Crippen molar-refractivity contribution >= 4 is 35.3 Å². The molecular formula is C25H20N2O9S. The van der Waals surface area contributed by atoms with Crippen molar-refractivity contribution in [1.29, 1.82) is 0 Å². The predicted molar refractivity (Wildman–Crippen MR) is 131 cm³/mol. The smallest absolute Gasteiger partial charge is 0.355 e. The van der Waals surface area contributed by atoms with Gasteiger partial charge in [0.05, 0.1) is 21.7 Å². The Bertz CT molecular complexity index is 1330. The van der Waals surface area contributed by atoms with Crippen molar-refractivity contribution in [1.82, 2.24) is 4.90 Å². The lowest BCUT2D eigenvalue weighted by Gasteiger charge is -2.46. The number of rotatable bonds is 8. The normalized spacial score (nSPS) is 18.8. The Balaban J connectivity index is 1.60. The average molecular weight is 525 g/mol. The van der Waals surface area contributed by atoms with Gasteiger partial charge in [-0.25, -0.2) is 4.79 Å². The summed E-state index contributed by atoms with van der Waals surface area (Å²) in [5.41, 5.74) is 0.528. The molecule has 0 aliphatic carbocycles. The van der Waals surface area contributed by atoms with Gasteiger partial charge in [0.15, 0.2) is 0 Å². The van der Waals surface area contributed by atoms with E-state index in [1.807, 2.05) is 6.07 Å². The molecule has 0 spiro atoms. The highest BCUT2D eigenvalue weighted by atomic mass is 32.2. The Hall–Kier alpha value is -4.58. The number of aliphatic hydroxyl groups is 1. The summed E-state index contributed by atoms with van der Waals surface area (Å²) < 4.78 is 16.0. The molecule has 2 aliphatic rings. The van der Waals surface area contributed by atoms with Crippen LogP contribution in [-0.2, 0) is 30.5 Å². The lowest BCUT2D eigenvalue weighted by Crippen LogP contribution is -2.56. The highest BCUT2D eigenvalue weighted by Gasteiger charge is 2.52. The average Bonchev–Trinajstić information content (AvgIpc) is 2.90. The van der Waals surface area contributed by atoms with Crippen LogP contribution in [0.1, 0.15) is 12.5 Å². The van der Waals surface area contributed by atoms with Crippen LogP contribution in [0.5, 0.6) is 5.75 Å². The quantitative estimate of drug-likeness (QED) is 0.135. The molecular weight excluding hydrogens is 504 g/mol. The number of β-lactam (4-membered cyclic amide) rings is 1. The van der Waals surface area contributed by atoms with Crippen molar-refractivity contribution in [2.24, 2.45) is 0 Å². The number of thioether (sulfide) groups is 1. The summed E-state index contributed by atoms with van der Waals surface area (Å²) in [6.45, 7) is 0.566. The second kappa shape index (κ2) is 11.0. The van der Waals surface area contributed by atoms with E-state index < -0.39 is 28.1 Å². The van der Waals surface area contributed by atoms with Crippen LogP contribution >= 0.6 is 11.8 Å². The van der Waals surface area contributed by atoms with Gasteiger partial charge in [0.25, 0.3) is 11.6 Å². The first-order chi connectivity index (χ1) is 17.8. The minimum atomic E-state index is -0.901. The number of hydrogen-bond acceptors (Lipinski definition) is 10.